The molecule has 0 spiro atoms. The molecule has 0 aliphatic rings. The number of hydrogen-bond donors (Lipinski definition) is 0. The van der Waals surface area contributed by atoms with Crippen molar-refractivity contribution >= 4 is 5.78 Å². The molecule has 0 aliphatic carbocycles. The predicted octanol–water partition coefficient (Wildman–Crippen LogP) is 0.414. The van der Waals surface area contributed by atoms with Gasteiger partial charge < -0.3 is 0 Å². The molecule has 0 atom stereocenters. The van der Waals surface area contributed by atoms with Gasteiger partial charge in [0.15, 0.2) is 11.6 Å². The molecule has 7 nitrogen and oxygen atoms in total. The van der Waals surface area contributed by atoms with Gasteiger partial charge in [0.2, 0.25) is 0 Å². The van der Waals surface area contributed by atoms with Crippen molar-refractivity contribution in [3.63, 3.8) is 0 Å². The van der Waals surface area contributed by atoms with E-state index in [-0.39, 0.29) is 12.2 Å². The number of rotatable bonds is 5. The minimum atomic E-state index is -0.0305. The fourth-order valence-electron chi connectivity index (χ4n) is 1.74. The van der Waals surface area contributed by atoms with Crippen LogP contribution in [0.1, 0.15) is 35.9 Å². The van der Waals surface area contributed by atoms with Gasteiger partial charge in [0.1, 0.15) is 5.69 Å². The number of Topliss-reactive ketones (excluding diaryl/α,β-unsaturated/α-hetero) is 1. The predicted molar refractivity (Wildman–Crippen MR) is 64.1 cm³/mol. The molecular formula is C11H16N6O. The van der Waals surface area contributed by atoms with Gasteiger partial charge in [-0.3, -0.25) is 9.48 Å². The molecule has 0 fully saturated rings. The second kappa shape index (κ2) is 5.07. The minimum absolute atomic E-state index is 0.0305. The Morgan fingerprint density at radius 3 is 2.67 bits per heavy atom. The zero-order valence-corrected chi connectivity index (χ0v) is 10.8. The Balaban J connectivity index is 2.20. The zero-order chi connectivity index (χ0) is 13.1. The van der Waals surface area contributed by atoms with Gasteiger partial charge in [0.05, 0.1) is 19.2 Å². The van der Waals surface area contributed by atoms with Gasteiger partial charge in [-0.05, 0) is 24.6 Å². The van der Waals surface area contributed by atoms with Crippen molar-refractivity contribution < 1.29 is 4.79 Å². The van der Waals surface area contributed by atoms with Crippen molar-refractivity contribution in [2.24, 2.45) is 7.05 Å². The van der Waals surface area contributed by atoms with E-state index in [0.717, 1.165) is 12.1 Å². The smallest absolute Gasteiger partial charge is 0.188 e. The van der Waals surface area contributed by atoms with E-state index in [1.165, 1.54) is 4.80 Å². The van der Waals surface area contributed by atoms with Crippen LogP contribution in [0.4, 0.5) is 0 Å². The molecule has 0 radical (unpaired) electrons. The summed E-state index contributed by atoms with van der Waals surface area (Å²) in [6, 6.07) is 1.84. The third-order valence-electron chi connectivity index (χ3n) is 2.65. The van der Waals surface area contributed by atoms with Gasteiger partial charge in [-0.15, -0.1) is 10.2 Å². The Morgan fingerprint density at radius 1 is 1.33 bits per heavy atom. The van der Waals surface area contributed by atoms with Crippen molar-refractivity contribution in [1.82, 2.24) is 30.0 Å². The molecule has 2 rings (SSSR count). The van der Waals surface area contributed by atoms with Gasteiger partial charge in [-0.1, -0.05) is 6.92 Å². The zero-order valence-electron chi connectivity index (χ0n) is 10.8. The third-order valence-corrected chi connectivity index (χ3v) is 2.65. The molecule has 0 amide bonds. The van der Waals surface area contributed by atoms with E-state index in [4.69, 9.17) is 0 Å². The molecule has 0 bridgehead atoms. The average molecular weight is 248 g/mol. The Hall–Kier alpha value is -2.05. The lowest BCUT2D eigenvalue weighted by molar-refractivity contribution is 0.0980. The van der Waals surface area contributed by atoms with Gasteiger partial charge in [0.25, 0.3) is 0 Å². The molecule has 2 heterocycles. The van der Waals surface area contributed by atoms with E-state index in [1.807, 2.05) is 19.9 Å². The van der Waals surface area contributed by atoms with E-state index in [9.17, 15) is 4.79 Å². The largest absolute Gasteiger partial charge is 0.292 e. The summed E-state index contributed by atoms with van der Waals surface area (Å²) in [6.45, 7) is 4.65. The maximum absolute atomic E-state index is 12.2. The lowest BCUT2D eigenvalue weighted by Gasteiger charge is -2.01. The Labute approximate surface area is 105 Å². The SMILES string of the molecule is CCc1cc(C(=O)Cc2nnn(C)n2)n(CC)n1. The highest BCUT2D eigenvalue weighted by Crippen LogP contribution is 2.08. The number of tetrazole rings is 1. The molecule has 0 aromatic carbocycles. The lowest BCUT2D eigenvalue weighted by Crippen LogP contribution is -2.12. The Kier molecular flexibility index (Phi) is 3.50. The topological polar surface area (TPSA) is 78.5 Å². The van der Waals surface area contributed by atoms with Crippen molar-refractivity contribution in [3.05, 3.63) is 23.3 Å². The van der Waals surface area contributed by atoms with E-state index in [2.05, 4.69) is 20.5 Å². The third kappa shape index (κ3) is 2.44. The number of ketones is 1. The summed E-state index contributed by atoms with van der Waals surface area (Å²) in [7, 11) is 1.67. The number of carbonyl (C=O) groups excluding carboxylic acids is 1. The van der Waals surface area contributed by atoms with Crippen LogP contribution in [0.15, 0.2) is 6.07 Å². The minimum Gasteiger partial charge on any atom is -0.292 e. The highest BCUT2D eigenvalue weighted by molar-refractivity contribution is 5.95. The van der Waals surface area contributed by atoms with Crippen LogP contribution in [0.25, 0.3) is 0 Å². The summed E-state index contributed by atoms with van der Waals surface area (Å²) in [4.78, 5) is 13.5. The highest BCUT2D eigenvalue weighted by atomic mass is 16.1. The Bertz CT molecular complexity index is 556. The van der Waals surface area contributed by atoms with Crippen LogP contribution in [0, 0.1) is 0 Å². The molecule has 7 heteroatoms. The summed E-state index contributed by atoms with van der Waals surface area (Å²) in [5, 5.41) is 15.9. The van der Waals surface area contributed by atoms with Crippen LogP contribution in [0.5, 0.6) is 0 Å². The molecule has 0 unspecified atom stereocenters. The van der Waals surface area contributed by atoms with E-state index < -0.39 is 0 Å². The van der Waals surface area contributed by atoms with Gasteiger partial charge >= 0.3 is 0 Å². The highest BCUT2D eigenvalue weighted by Gasteiger charge is 2.16. The Morgan fingerprint density at radius 2 is 2.11 bits per heavy atom. The first-order valence-electron chi connectivity index (χ1n) is 5.96. The fraction of sp³-hybridized carbons (Fsp3) is 0.545. The molecule has 2 aromatic heterocycles. The van der Waals surface area contributed by atoms with Crippen LogP contribution < -0.4 is 0 Å². The van der Waals surface area contributed by atoms with Crippen LogP contribution >= 0.6 is 0 Å². The molecule has 0 N–H and O–H groups in total. The van der Waals surface area contributed by atoms with Crippen molar-refractivity contribution in [3.8, 4) is 0 Å². The monoisotopic (exact) mass is 248 g/mol. The number of carbonyl (C=O) groups is 1. The van der Waals surface area contributed by atoms with Gasteiger partial charge in [-0.25, -0.2) is 0 Å². The first-order valence-corrected chi connectivity index (χ1v) is 5.96. The molecular weight excluding hydrogens is 232 g/mol. The second-order valence-electron chi connectivity index (χ2n) is 3.99. The lowest BCUT2D eigenvalue weighted by atomic mass is 10.2. The maximum atomic E-state index is 12.2. The van der Waals surface area contributed by atoms with Crippen LogP contribution in [-0.4, -0.2) is 35.8 Å². The maximum Gasteiger partial charge on any atom is 0.188 e. The van der Waals surface area contributed by atoms with Crippen molar-refractivity contribution in [2.45, 2.75) is 33.2 Å². The van der Waals surface area contributed by atoms with Gasteiger partial charge in [-0.2, -0.15) is 9.90 Å². The number of hydrogen-bond acceptors (Lipinski definition) is 5. The van der Waals surface area contributed by atoms with Gasteiger partial charge in [0, 0.05) is 6.54 Å². The number of aromatic nitrogens is 6. The summed E-state index contributed by atoms with van der Waals surface area (Å²) in [5.41, 5.74) is 1.54. The molecule has 18 heavy (non-hydrogen) atoms. The quantitative estimate of drug-likeness (QED) is 0.716. The summed E-state index contributed by atoms with van der Waals surface area (Å²) in [6.07, 6.45) is 0.972. The molecule has 2 aromatic rings. The fourth-order valence-corrected chi connectivity index (χ4v) is 1.74. The molecule has 0 saturated carbocycles. The summed E-state index contributed by atoms with van der Waals surface area (Å²) in [5.74, 6) is 0.404. The second-order valence-corrected chi connectivity index (χ2v) is 3.99. The number of aryl methyl sites for hydroxylation is 3. The molecule has 0 saturated heterocycles. The van der Waals surface area contributed by atoms with Crippen LogP contribution in [0.2, 0.25) is 0 Å². The first-order chi connectivity index (χ1) is 8.63. The average Bonchev–Trinajstić information content (AvgIpc) is 2.95. The van der Waals surface area contributed by atoms with E-state index >= 15 is 0 Å². The van der Waals surface area contributed by atoms with Crippen molar-refractivity contribution in [2.75, 3.05) is 0 Å². The molecule has 96 valence electrons. The number of nitrogens with zero attached hydrogens (tertiary/aromatic N) is 6. The summed E-state index contributed by atoms with van der Waals surface area (Å²) < 4.78 is 1.72. The van der Waals surface area contributed by atoms with Crippen molar-refractivity contribution in [1.29, 1.82) is 0 Å². The molecule has 0 aliphatic heterocycles. The van der Waals surface area contributed by atoms with E-state index in [0.29, 0.717) is 18.1 Å². The summed E-state index contributed by atoms with van der Waals surface area (Å²) >= 11 is 0. The van der Waals surface area contributed by atoms with Crippen LogP contribution in [-0.2, 0) is 26.4 Å². The standard InChI is InChI=1S/C11H16N6O/c1-4-8-6-9(17(5-2)13-8)10(18)7-11-12-15-16(3)14-11/h6H,4-5,7H2,1-3H3. The first kappa shape index (κ1) is 12.4. The normalized spacial score (nSPS) is 10.8. The van der Waals surface area contributed by atoms with Crippen LogP contribution in [0.3, 0.4) is 0 Å². The van der Waals surface area contributed by atoms with E-state index in [1.54, 1.807) is 11.7 Å².